The van der Waals surface area contributed by atoms with Crippen LogP contribution in [0.4, 0.5) is 5.82 Å². The molecule has 1 N–H and O–H groups in total. The molecule has 5 rings (SSSR count). The lowest BCUT2D eigenvalue weighted by Crippen LogP contribution is -2.28. The van der Waals surface area contributed by atoms with E-state index in [9.17, 15) is 9.59 Å². The number of rotatable bonds is 5. The van der Waals surface area contributed by atoms with Crippen LogP contribution < -0.4 is 14.8 Å². The standard InChI is InChI=1S/C26H25N3O4/c1-16-20(17-5-4-6-18(13-17)24(30)29(2)3)8-10-23(27-16)28-25(31)26(11-12-26)19-7-9-21-22(14-19)33-15-32-21/h4-10,13-14H,11-12,15H2,1-3H3,(H,27,28,31). The molecule has 3 aromatic rings. The van der Waals surface area contributed by atoms with E-state index in [-0.39, 0.29) is 18.6 Å². The molecule has 0 unspecified atom stereocenters. The molecule has 7 heteroatoms. The topological polar surface area (TPSA) is 80.8 Å². The van der Waals surface area contributed by atoms with Crippen molar-refractivity contribution in [2.45, 2.75) is 25.2 Å². The van der Waals surface area contributed by atoms with Crippen LogP contribution in [-0.4, -0.2) is 42.6 Å². The average Bonchev–Trinajstić information content (AvgIpc) is 3.49. The first-order chi connectivity index (χ1) is 15.9. The molecule has 2 aliphatic rings. The minimum absolute atomic E-state index is 0.0513. The Bertz CT molecular complexity index is 1260. The van der Waals surface area contributed by atoms with Crippen LogP contribution in [0.3, 0.4) is 0 Å². The minimum atomic E-state index is -0.559. The van der Waals surface area contributed by atoms with Crippen LogP contribution in [0.15, 0.2) is 54.6 Å². The first-order valence-electron chi connectivity index (χ1n) is 10.9. The van der Waals surface area contributed by atoms with Crippen LogP contribution in [0.5, 0.6) is 11.5 Å². The number of aryl methyl sites for hydroxylation is 1. The van der Waals surface area contributed by atoms with E-state index in [0.717, 1.165) is 35.2 Å². The molecule has 2 heterocycles. The third-order valence-electron chi connectivity index (χ3n) is 6.26. The molecule has 0 radical (unpaired) electrons. The Hall–Kier alpha value is -3.87. The van der Waals surface area contributed by atoms with Crippen molar-refractivity contribution in [3.8, 4) is 22.6 Å². The molecule has 2 amide bonds. The second-order valence-corrected chi connectivity index (χ2v) is 8.71. The predicted molar refractivity (Wildman–Crippen MR) is 125 cm³/mol. The molecule has 1 saturated carbocycles. The van der Waals surface area contributed by atoms with Gasteiger partial charge in [0.1, 0.15) is 5.82 Å². The van der Waals surface area contributed by atoms with Crippen molar-refractivity contribution in [2.24, 2.45) is 0 Å². The van der Waals surface area contributed by atoms with Crippen molar-refractivity contribution < 1.29 is 19.1 Å². The Balaban J connectivity index is 1.36. The van der Waals surface area contributed by atoms with Gasteiger partial charge in [-0.3, -0.25) is 9.59 Å². The number of benzene rings is 2. The minimum Gasteiger partial charge on any atom is -0.454 e. The number of nitrogens with one attached hydrogen (secondary N) is 1. The summed E-state index contributed by atoms with van der Waals surface area (Å²) in [5.41, 5.74) is 3.59. The zero-order chi connectivity index (χ0) is 23.2. The first-order valence-corrected chi connectivity index (χ1v) is 10.9. The van der Waals surface area contributed by atoms with Crippen molar-refractivity contribution in [1.29, 1.82) is 0 Å². The monoisotopic (exact) mass is 443 g/mol. The fraction of sp³-hybridized carbons (Fsp3) is 0.269. The normalized spacial score (nSPS) is 15.1. The third-order valence-corrected chi connectivity index (χ3v) is 6.26. The van der Waals surface area contributed by atoms with Crippen molar-refractivity contribution in [1.82, 2.24) is 9.88 Å². The van der Waals surface area contributed by atoms with Crippen LogP contribution in [0.2, 0.25) is 0 Å². The molecule has 1 fully saturated rings. The summed E-state index contributed by atoms with van der Waals surface area (Å²) in [7, 11) is 3.46. The molecule has 33 heavy (non-hydrogen) atoms. The maximum atomic E-state index is 13.2. The lowest BCUT2D eigenvalue weighted by molar-refractivity contribution is -0.118. The SMILES string of the molecule is Cc1nc(NC(=O)C2(c3ccc4c(c3)OCO4)CC2)ccc1-c1cccc(C(=O)N(C)C)c1. The molecular formula is C26H25N3O4. The predicted octanol–water partition coefficient (Wildman–Crippen LogP) is 4.16. The Morgan fingerprint density at radius 1 is 1.00 bits per heavy atom. The van der Waals surface area contributed by atoms with Gasteiger partial charge < -0.3 is 19.7 Å². The number of carbonyl (C=O) groups is 2. The van der Waals surface area contributed by atoms with Gasteiger partial charge in [-0.05, 0) is 67.3 Å². The summed E-state index contributed by atoms with van der Waals surface area (Å²) >= 11 is 0. The number of hydrogen-bond donors (Lipinski definition) is 1. The van der Waals surface area contributed by atoms with Crippen LogP contribution in [-0.2, 0) is 10.2 Å². The van der Waals surface area contributed by atoms with Gasteiger partial charge in [0.2, 0.25) is 12.7 Å². The maximum absolute atomic E-state index is 13.2. The molecule has 1 aliphatic carbocycles. The number of nitrogens with zero attached hydrogens (tertiary/aromatic N) is 2. The number of ether oxygens (including phenoxy) is 2. The Labute approximate surface area is 192 Å². The van der Waals surface area contributed by atoms with Gasteiger partial charge in [-0.25, -0.2) is 4.98 Å². The van der Waals surface area contributed by atoms with Crippen LogP contribution >= 0.6 is 0 Å². The van der Waals surface area contributed by atoms with E-state index in [2.05, 4.69) is 10.3 Å². The quantitative estimate of drug-likeness (QED) is 0.641. The summed E-state index contributed by atoms with van der Waals surface area (Å²) < 4.78 is 10.9. The highest BCUT2D eigenvalue weighted by Gasteiger charge is 2.51. The van der Waals surface area contributed by atoms with E-state index in [4.69, 9.17) is 9.47 Å². The van der Waals surface area contributed by atoms with Crippen molar-refractivity contribution in [3.63, 3.8) is 0 Å². The Kier molecular flexibility index (Phi) is 5.04. The number of hydrogen-bond acceptors (Lipinski definition) is 5. The lowest BCUT2D eigenvalue weighted by atomic mass is 9.94. The van der Waals surface area contributed by atoms with E-state index < -0.39 is 5.41 Å². The van der Waals surface area contributed by atoms with E-state index >= 15 is 0 Å². The number of amides is 2. The first kappa shape index (κ1) is 21.0. The van der Waals surface area contributed by atoms with Gasteiger partial charge in [-0.2, -0.15) is 0 Å². The number of pyridine rings is 1. The number of anilines is 1. The molecule has 0 atom stereocenters. The van der Waals surface area contributed by atoms with Gasteiger partial charge in [-0.15, -0.1) is 0 Å². The number of aromatic nitrogens is 1. The summed E-state index contributed by atoms with van der Waals surface area (Å²) in [6.45, 7) is 2.11. The molecule has 168 valence electrons. The highest BCUT2D eigenvalue weighted by atomic mass is 16.7. The molecule has 0 bridgehead atoms. The molecular weight excluding hydrogens is 418 g/mol. The number of carbonyl (C=O) groups excluding carboxylic acids is 2. The number of fused-ring (bicyclic) bond motifs is 1. The van der Waals surface area contributed by atoms with Gasteiger partial charge in [0.25, 0.3) is 5.91 Å². The largest absolute Gasteiger partial charge is 0.454 e. The van der Waals surface area contributed by atoms with Crippen LogP contribution in [0.1, 0.15) is 34.5 Å². The molecule has 2 aromatic carbocycles. The van der Waals surface area contributed by atoms with Gasteiger partial charge in [0.15, 0.2) is 11.5 Å². The summed E-state index contributed by atoms with van der Waals surface area (Å²) in [5, 5.41) is 2.99. The molecule has 1 aliphatic heterocycles. The van der Waals surface area contributed by atoms with Crippen molar-refractivity contribution in [2.75, 3.05) is 26.2 Å². The lowest BCUT2D eigenvalue weighted by Gasteiger charge is -2.17. The zero-order valence-electron chi connectivity index (χ0n) is 18.8. The summed E-state index contributed by atoms with van der Waals surface area (Å²) in [5.74, 6) is 1.78. The van der Waals surface area contributed by atoms with Gasteiger partial charge >= 0.3 is 0 Å². The second kappa shape index (κ2) is 7.92. The highest BCUT2D eigenvalue weighted by molar-refractivity contribution is 6.01. The Morgan fingerprint density at radius 3 is 2.52 bits per heavy atom. The van der Waals surface area contributed by atoms with Gasteiger partial charge in [0.05, 0.1) is 5.41 Å². The maximum Gasteiger partial charge on any atom is 0.253 e. The smallest absolute Gasteiger partial charge is 0.253 e. The summed E-state index contributed by atoms with van der Waals surface area (Å²) in [4.78, 5) is 31.7. The van der Waals surface area contributed by atoms with Crippen molar-refractivity contribution in [3.05, 3.63) is 71.4 Å². The highest BCUT2D eigenvalue weighted by Crippen LogP contribution is 2.51. The van der Waals surface area contributed by atoms with E-state index in [1.807, 2.05) is 49.4 Å². The molecule has 0 saturated heterocycles. The molecule has 7 nitrogen and oxygen atoms in total. The fourth-order valence-corrected chi connectivity index (χ4v) is 4.22. The van der Waals surface area contributed by atoms with Gasteiger partial charge in [-0.1, -0.05) is 18.2 Å². The van der Waals surface area contributed by atoms with Crippen molar-refractivity contribution >= 4 is 17.6 Å². The molecule has 0 spiro atoms. The van der Waals surface area contributed by atoms with E-state index in [1.165, 1.54) is 0 Å². The molecule has 1 aromatic heterocycles. The average molecular weight is 444 g/mol. The fourth-order valence-electron chi connectivity index (χ4n) is 4.22. The summed E-state index contributed by atoms with van der Waals surface area (Å²) in [6.07, 6.45) is 1.56. The third kappa shape index (κ3) is 3.80. The van der Waals surface area contributed by atoms with E-state index in [1.54, 1.807) is 31.1 Å². The zero-order valence-corrected chi connectivity index (χ0v) is 18.8. The van der Waals surface area contributed by atoms with Crippen LogP contribution in [0, 0.1) is 6.92 Å². The Morgan fingerprint density at radius 2 is 1.79 bits per heavy atom. The second-order valence-electron chi connectivity index (χ2n) is 8.71. The summed E-state index contributed by atoms with van der Waals surface area (Å²) in [6, 6.07) is 16.9. The van der Waals surface area contributed by atoms with Gasteiger partial charge in [0, 0.05) is 30.9 Å². The van der Waals surface area contributed by atoms with E-state index in [0.29, 0.717) is 22.9 Å². The van der Waals surface area contributed by atoms with Crippen LogP contribution in [0.25, 0.3) is 11.1 Å².